The number of aromatic nitrogens is 3. The summed E-state index contributed by atoms with van der Waals surface area (Å²) in [6, 6.07) is 10.8. The van der Waals surface area contributed by atoms with E-state index in [1.807, 2.05) is 0 Å². The van der Waals surface area contributed by atoms with Crippen LogP contribution in [0.25, 0.3) is 17.0 Å². The van der Waals surface area contributed by atoms with Crippen molar-refractivity contribution in [1.82, 2.24) is 15.0 Å². The Labute approximate surface area is 162 Å². The van der Waals surface area contributed by atoms with Crippen molar-refractivity contribution in [3.8, 4) is 11.5 Å². The van der Waals surface area contributed by atoms with E-state index < -0.39 is 24.9 Å². The second-order valence-corrected chi connectivity index (χ2v) is 5.63. The number of carbonyl (C=O) groups is 1. The molecule has 29 heavy (non-hydrogen) atoms. The third-order valence-electron chi connectivity index (χ3n) is 3.77. The molecular formula is C19H15F2N3O5. The van der Waals surface area contributed by atoms with Crippen LogP contribution in [0.2, 0.25) is 0 Å². The highest BCUT2D eigenvalue weighted by atomic mass is 19.3. The van der Waals surface area contributed by atoms with Crippen molar-refractivity contribution >= 4 is 22.9 Å². The zero-order chi connectivity index (χ0) is 20.8. The second-order valence-electron chi connectivity index (χ2n) is 5.63. The van der Waals surface area contributed by atoms with Crippen LogP contribution in [-0.4, -0.2) is 34.7 Å². The monoisotopic (exact) mass is 403 g/mol. The Hall–Kier alpha value is -3.82. The summed E-state index contributed by atoms with van der Waals surface area (Å²) in [6.07, 6.45) is 2.51. The third-order valence-corrected chi connectivity index (χ3v) is 3.77. The van der Waals surface area contributed by atoms with Crippen molar-refractivity contribution in [2.45, 2.75) is 13.3 Å². The van der Waals surface area contributed by atoms with E-state index in [0.29, 0.717) is 16.5 Å². The summed E-state index contributed by atoms with van der Waals surface area (Å²) >= 11 is 0. The molecule has 2 aromatic carbocycles. The van der Waals surface area contributed by atoms with E-state index in [0.717, 1.165) is 10.8 Å². The van der Waals surface area contributed by atoms with Gasteiger partial charge in [0.05, 0.1) is 12.5 Å². The Morgan fingerprint density at radius 3 is 2.76 bits per heavy atom. The van der Waals surface area contributed by atoms with Crippen molar-refractivity contribution in [2.24, 2.45) is 0 Å². The molecular weight excluding hydrogens is 388 g/mol. The summed E-state index contributed by atoms with van der Waals surface area (Å²) in [7, 11) is 1.30. The fourth-order valence-corrected chi connectivity index (χ4v) is 2.43. The first-order valence-corrected chi connectivity index (χ1v) is 8.28. The van der Waals surface area contributed by atoms with Gasteiger partial charge in [-0.25, -0.2) is 4.79 Å². The summed E-state index contributed by atoms with van der Waals surface area (Å²) in [4.78, 5) is 24.2. The van der Waals surface area contributed by atoms with Gasteiger partial charge in [0.2, 0.25) is 0 Å². The van der Waals surface area contributed by atoms with Gasteiger partial charge in [0.15, 0.2) is 18.2 Å². The summed E-state index contributed by atoms with van der Waals surface area (Å²) in [5.41, 5.74) is 0.489. The fourth-order valence-electron chi connectivity index (χ4n) is 2.43. The number of alkyl halides is 2. The standard InChI is InChI=1S/C19H15F2N3O5/c1-27-16-10-12(6-8-15(16)29-19(20)21)7-9-17(25)28-11-24-18(26)13-4-2-3-5-14(13)22-23-24/h2-10,19H,11H2,1H3/b9-7+. The lowest BCUT2D eigenvalue weighted by Gasteiger charge is -2.10. The molecule has 0 saturated heterocycles. The molecule has 1 heterocycles. The molecule has 0 spiro atoms. The number of nitrogens with zero attached hydrogens (tertiary/aromatic N) is 3. The number of esters is 1. The lowest BCUT2D eigenvalue weighted by atomic mass is 10.2. The minimum Gasteiger partial charge on any atom is -0.493 e. The molecule has 150 valence electrons. The summed E-state index contributed by atoms with van der Waals surface area (Å²) in [6.45, 7) is -3.40. The quantitative estimate of drug-likeness (QED) is 0.442. The molecule has 0 bridgehead atoms. The first-order chi connectivity index (χ1) is 14.0. The normalized spacial score (nSPS) is 11.2. The molecule has 3 rings (SSSR count). The predicted octanol–water partition coefficient (Wildman–Crippen LogP) is 2.62. The molecule has 0 aliphatic rings. The van der Waals surface area contributed by atoms with Gasteiger partial charge in [0.1, 0.15) is 5.52 Å². The van der Waals surface area contributed by atoms with E-state index in [4.69, 9.17) is 9.47 Å². The molecule has 3 aromatic rings. The van der Waals surface area contributed by atoms with Crippen LogP contribution in [-0.2, 0) is 16.3 Å². The number of methoxy groups -OCH3 is 1. The van der Waals surface area contributed by atoms with Gasteiger partial charge in [0, 0.05) is 6.08 Å². The number of ether oxygens (including phenoxy) is 3. The van der Waals surface area contributed by atoms with Gasteiger partial charge in [0.25, 0.3) is 5.56 Å². The summed E-state index contributed by atoms with van der Waals surface area (Å²) < 4.78 is 39.9. The molecule has 10 heteroatoms. The Kier molecular flexibility index (Phi) is 6.12. The molecule has 0 unspecified atom stereocenters. The highest BCUT2D eigenvalue weighted by molar-refractivity contribution is 5.87. The SMILES string of the molecule is COc1cc(/C=C/C(=O)OCn2nnc3ccccc3c2=O)ccc1OC(F)F. The Balaban J connectivity index is 1.66. The molecule has 0 atom stereocenters. The first kappa shape index (κ1) is 19.9. The number of hydrogen-bond acceptors (Lipinski definition) is 7. The molecule has 8 nitrogen and oxygen atoms in total. The molecule has 0 saturated carbocycles. The van der Waals surface area contributed by atoms with Gasteiger partial charge in [-0.3, -0.25) is 4.79 Å². The molecule has 0 radical (unpaired) electrons. The van der Waals surface area contributed by atoms with Gasteiger partial charge in [-0.1, -0.05) is 23.4 Å². The third kappa shape index (κ3) is 4.92. The van der Waals surface area contributed by atoms with Crippen molar-refractivity contribution in [3.63, 3.8) is 0 Å². The lowest BCUT2D eigenvalue weighted by molar-refractivity contribution is -0.141. The largest absolute Gasteiger partial charge is 0.493 e. The minimum atomic E-state index is -2.98. The summed E-state index contributed by atoms with van der Waals surface area (Å²) in [5, 5.41) is 7.95. The first-order valence-electron chi connectivity index (χ1n) is 8.28. The van der Waals surface area contributed by atoms with E-state index in [2.05, 4.69) is 15.0 Å². The van der Waals surface area contributed by atoms with Crippen LogP contribution < -0.4 is 15.0 Å². The predicted molar refractivity (Wildman–Crippen MR) is 98.6 cm³/mol. The maximum atomic E-state index is 12.3. The molecule has 0 N–H and O–H groups in total. The van der Waals surface area contributed by atoms with E-state index in [1.54, 1.807) is 24.3 Å². The lowest BCUT2D eigenvalue weighted by Crippen LogP contribution is -2.26. The number of carbonyl (C=O) groups excluding carboxylic acids is 1. The van der Waals surface area contributed by atoms with Gasteiger partial charge in [-0.2, -0.15) is 13.5 Å². The van der Waals surface area contributed by atoms with Gasteiger partial charge in [-0.15, -0.1) is 5.10 Å². The number of benzene rings is 2. The number of hydrogen-bond donors (Lipinski definition) is 0. The minimum absolute atomic E-state index is 0.0822. The Bertz CT molecular complexity index is 1110. The highest BCUT2D eigenvalue weighted by Gasteiger charge is 2.11. The van der Waals surface area contributed by atoms with Crippen LogP contribution in [0.1, 0.15) is 5.56 Å². The molecule has 0 aliphatic carbocycles. The topological polar surface area (TPSA) is 92.5 Å². The van der Waals surface area contributed by atoms with E-state index in [9.17, 15) is 18.4 Å². The average molecular weight is 403 g/mol. The van der Waals surface area contributed by atoms with Crippen molar-refractivity contribution in [1.29, 1.82) is 0 Å². The van der Waals surface area contributed by atoms with E-state index >= 15 is 0 Å². The van der Waals surface area contributed by atoms with Crippen LogP contribution in [0.5, 0.6) is 11.5 Å². The average Bonchev–Trinajstić information content (AvgIpc) is 2.72. The number of halogens is 2. The van der Waals surface area contributed by atoms with Crippen LogP contribution in [0, 0.1) is 0 Å². The fraction of sp³-hybridized carbons (Fsp3) is 0.158. The maximum absolute atomic E-state index is 12.3. The zero-order valence-electron chi connectivity index (χ0n) is 15.1. The molecule has 0 fully saturated rings. The van der Waals surface area contributed by atoms with Gasteiger partial charge in [-0.05, 0) is 35.9 Å². The van der Waals surface area contributed by atoms with Crippen LogP contribution in [0.15, 0.2) is 53.3 Å². The Morgan fingerprint density at radius 1 is 1.21 bits per heavy atom. The van der Waals surface area contributed by atoms with Crippen molar-refractivity contribution < 1.29 is 27.8 Å². The van der Waals surface area contributed by atoms with Gasteiger partial charge >= 0.3 is 12.6 Å². The maximum Gasteiger partial charge on any atom is 0.387 e. The Morgan fingerprint density at radius 2 is 2.00 bits per heavy atom. The van der Waals surface area contributed by atoms with E-state index in [1.165, 1.54) is 31.4 Å². The number of fused-ring (bicyclic) bond motifs is 1. The van der Waals surface area contributed by atoms with Crippen LogP contribution in [0.3, 0.4) is 0 Å². The second kappa shape index (κ2) is 8.91. The molecule has 0 aliphatic heterocycles. The van der Waals surface area contributed by atoms with Crippen molar-refractivity contribution in [3.05, 3.63) is 64.5 Å². The number of rotatable bonds is 7. The molecule has 0 amide bonds. The highest BCUT2D eigenvalue weighted by Crippen LogP contribution is 2.29. The molecule has 1 aromatic heterocycles. The summed E-state index contributed by atoms with van der Waals surface area (Å²) in [5.74, 6) is -0.783. The zero-order valence-corrected chi connectivity index (χ0v) is 15.1. The van der Waals surface area contributed by atoms with Crippen molar-refractivity contribution in [2.75, 3.05) is 7.11 Å². The smallest absolute Gasteiger partial charge is 0.387 e. The van der Waals surface area contributed by atoms with E-state index in [-0.39, 0.29) is 11.5 Å². The van der Waals surface area contributed by atoms with Crippen LogP contribution >= 0.6 is 0 Å². The van der Waals surface area contributed by atoms with Gasteiger partial charge < -0.3 is 14.2 Å². The van der Waals surface area contributed by atoms with Crippen LogP contribution in [0.4, 0.5) is 8.78 Å².